The zero-order valence-corrected chi connectivity index (χ0v) is 12.9. The number of nitrogens with zero attached hydrogens (tertiary/aromatic N) is 1. The molecule has 1 N–H and O–H groups in total. The van der Waals surface area contributed by atoms with Gasteiger partial charge in [0.05, 0.1) is 13.0 Å². The normalized spacial score (nSPS) is 11.7. The number of nitrogens with one attached hydrogen (secondary N) is 1. The lowest BCUT2D eigenvalue weighted by atomic mass is 10.1. The van der Waals surface area contributed by atoms with Gasteiger partial charge in [0, 0.05) is 44.5 Å². The molecule has 0 saturated heterocycles. The van der Waals surface area contributed by atoms with Crippen LogP contribution in [0.1, 0.15) is 12.0 Å². The van der Waals surface area contributed by atoms with Crippen LogP contribution in [0.3, 0.4) is 0 Å². The van der Waals surface area contributed by atoms with Gasteiger partial charge in [0.25, 0.3) is 0 Å². The molecule has 0 spiro atoms. The number of hydrogen-bond acceptors (Lipinski definition) is 3. The van der Waals surface area contributed by atoms with Gasteiger partial charge < -0.3 is 15.0 Å². The zero-order chi connectivity index (χ0) is 15.9. The van der Waals surface area contributed by atoms with E-state index in [1.165, 1.54) is 0 Å². The molecule has 0 fully saturated rings. The molecule has 0 aromatic heterocycles. The van der Waals surface area contributed by atoms with Crippen molar-refractivity contribution in [1.29, 1.82) is 0 Å². The van der Waals surface area contributed by atoms with E-state index in [0.29, 0.717) is 24.7 Å². The van der Waals surface area contributed by atoms with Crippen LogP contribution >= 0.6 is 11.6 Å². The van der Waals surface area contributed by atoms with Crippen molar-refractivity contribution < 1.29 is 17.9 Å². The number of rotatable bonds is 8. The predicted octanol–water partition coefficient (Wildman–Crippen LogP) is 3.46. The highest BCUT2D eigenvalue weighted by atomic mass is 35.5. The molecule has 0 bridgehead atoms. The average Bonchev–Trinajstić information content (AvgIpc) is 2.40. The van der Waals surface area contributed by atoms with Crippen LogP contribution in [0.4, 0.5) is 18.9 Å². The maximum Gasteiger partial charge on any atom is 0.390 e. The topological polar surface area (TPSA) is 24.5 Å². The summed E-state index contributed by atoms with van der Waals surface area (Å²) in [5, 5.41) is 3.73. The SMILES string of the molecule is COCCNCc1cc(Cl)ccc1N(C)CCC(F)(F)F. The van der Waals surface area contributed by atoms with Crippen LogP contribution in [0.25, 0.3) is 0 Å². The predicted molar refractivity (Wildman–Crippen MR) is 79.0 cm³/mol. The number of benzene rings is 1. The summed E-state index contributed by atoms with van der Waals surface area (Å²) in [4.78, 5) is 1.59. The first-order valence-electron chi connectivity index (χ1n) is 6.59. The van der Waals surface area contributed by atoms with Crippen molar-refractivity contribution in [2.24, 2.45) is 0 Å². The minimum Gasteiger partial charge on any atom is -0.383 e. The molecule has 21 heavy (non-hydrogen) atoms. The third kappa shape index (κ3) is 7.02. The lowest BCUT2D eigenvalue weighted by Gasteiger charge is -2.23. The molecular weight excluding hydrogens is 305 g/mol. The Kier molecular flexibility index (Phi) is 7.28. The van der Waals surface area contributed by atoms with Gasteiger partial charge in [-0.25, -0.2) is 0 Å². The van der Waals surface area contributed by atoms with E-state index >= 15 is 0 Å². The monoisotopic (exact) mass is 324 g/mol. The second-order valence-corrected chi connectivity index (χ2v) is 5.17. The summed E-state index contributed by atoms with van der Waals surface area (Å²) in [6.45, 7) is 1.67. The van der Waals surface area contributed by atoms with Crippen molar-refractivity contribution >= 4 is 17.3 Å². The lowest BCUT2D eigenvalue weighted by molar-refractivity contribution is -0.132. The highest BCUT2D eigenvalue weighted by molar-refractivity contribution is 6.30. The van der Waals surface area contributed by atoms with Gasteiger partial charge in [-0.05, 0) is 23.8 Å². The molecule has 0 radical (unpaired) electrons. The fourth-order valence-corrected chi connectivity index (χ4v) is 2.07. The van der Waals surface area contributed by atoms with Gasteiger partial charge in [-0.2, -0.15) is 13.2 Å². The Morgan fingerprint density at radius 3 is 2.67 bits per heavy atom. The van der Waals surface area contributed by atoms with Crippen molar-refractivity contribution in [2.75, 3.05) is 38.8 Å². The molecule has 0 heterocycles. The molecule has 0 amide bonds. The van der Waals surface area contributed by atoms with Crippen molar-refractivity contribution in [2.45, 2.75) is 19.1 Å². The van der Waals surface area contributed by atoms with Crippen LogP contribution in [-0.2, 0) is 11.3 Å². The zero-order valence-electron chi connectivity index (χ0n) is 12.1. The first-order valence-corrected chi connectivity index (χ1v) is 6.97. The standard InChI is InChI=1S/C14H20ClF3N2O/c1-20(7-5-14(16,17)18)13-4-3-12(15)9-11(13)10-19-6-8-21-2/h3-4,9,19H,5-8,10H2,1-2H3. The van der Waals surface area contributed by atoms with Gasteiger partial charge in [0.2, 0.25) is 0 Å². The summed E-state index contributed by atoms with van der Waals surface area (Å²) < 4.78 is 41.9. The van der Waals surface area contributed by atoms with Crippen molar-refractivity contribution in [3.05, 3.63) is 28.8 Å². The van der Waals surface area contributed by atoms with Gasteiger partial charge in [-0.3, -0.25) is 0 Å². The maximum atomic E-state index is 12.3. The Hall–Kier alpha value is -0.980. The molecule has 0 aliphatic heterocycles. The van der Waals surface area contributed by atoms with Crippen LogP contribution < -0.4 is 10.2 Å². The fraction of sp³-hybridized carbons (Fsp3) is 0.571. The quantitative estimate of drug-likeness (QED) is 0.741. The fourth-order valence-electron chi connectivity index (χ4n) is 1.88. The lowest BCUT2D eigenvalue weighted by Crippen LogP contribution is -2.26. The Bertz CT molecular complexity index is 441. The van der Waals surface area contributed by atoms with E-state index in [-0.39, 0.29) is 6.54 Å². The molecule has 7 heteroatoms. The van der Waals surface area contributed by atoms with Crippen molar-refractivity contribution in [3.63, 3.8) is 0 Å². The second-order valence-electron chi connectivity index (χ2n) is 4.73. The van der Waals surface area contributed by atoms with Crippen molar-refractivity contribution in [3.8, 4) is 0 Å². The second kappa shape index (κ2) is 8.46. The van der Waals surface area contributed by atoms with Gasteiger partial charge in [-0.15, -0.1) is 0 Å². The van der Waals surface area contributed by atoms with Gasteiger partial charge in [0.1, 0.15) is 0 Å². The summed E-state index contributed by atoms with van der Waals surface area (Å²) in [5.41, 5.74) is 1.61. The number of methoxy groups -OCH3 is 1. The Morgan fingerprint density at radius 2 is 2.05 bits per heavy atom. The molecule has 1 aromatic carbocycles. The molecule has 0 saturated carbocycles. The van der Waals surface area contributed by atoms with Crippen LogP contribution in [-0.4, -0.2) is 40.0 Å². The average molecular weight is 325 g/mol. The van der Waals surface area contributed by atoms with E-state index in [2.05, 4.69) is 5.32 Å². The van der Waals surface area contributed by atoms with E-state index in [1.54, 1.807) is 37.3 Å². The number of ether oxygens (including phenoxy) is 1. The Morgan fingerprint density at radius 1 is 1.33 bits per heavy atom. The first-order chi connectivity index (χ1) is 9.83. The van der Waals surface area contributed by atoms with E-state index in [4.69, 9.17) is 16.3 Å². The molecule has 0 unspecified atom stereocenters. The van der Waals surface area contributed by atoms with E-state index in [1.807, 2.05) is 0 Å². The number of hydrogen-bond donors (Lipinski definition) is 1. The van der Waals surface area contributed by atoms with Gasteiger partial charge >= 0.3 is 6.18 Å². The van der Waals surface area contributed by atoms with Crippen LogP contribution in [0, 0.1) is 0 Å². The smallest absolute Gasteiger partial charge is 0.383 e. The summed E-state index contributed by atoms with van der Waals surface area (Å²) in [7, 11) is 3.26. The Labute approximate surface area is 128 Å². The number of alkyl halides is 3. The highest BCUT2D eigenvalue weighted by Gasteiger charge is 2.27. The maximum absolute atomic E-state index is 12.3. The molecule has 1 aromatic rings. The summed E-state index contributed by atoms with van der Waals surface area (Å²) in [6.07, 6.45) is -5.00. The Balaban J connectivity index is 2.70. The highest BCUT2D eigenvalue weighted by Crippen LogP contribution is 2.26. The van der Waals surface area contributed by atoms with Crippen molar-refractivity contribution in [1.82, 2.24) is 5.32 Å². The number of anilines is 1. The molecule has 0 aliphatic carbocycles. The van der Waals surface area contributed by atoms with Crippen LogP contribution in [0.2, 0.25) is 5.02 Å². The third-order valence-corrected chi connectivity index (χ3v) is 3.22. The van der Waals surface area contributed by atoms with E-state index < -0.39 is 12.6 Å². The summed E-state index contributed by atoms with van der Waals surface area (Å²) >= 11 is 5.96. The number of halogens is 4. The largest absolute Gasteiger partial charge is 0.390 e. The van der Waals surface area contributed by atoms with E-state index in [0.717, 1.165) is 11.3 Å². The molecule has 120 valence electrons. The van der Waals surface area contributed by atoms with Crippen LogP contribution in [0.5, 0.6) is 0 Å². The minimum absolute atomic E-state index is 0.0871. The van der Waals surface area contributed by atoms with Crippen LogP contribution in [0.15, 0.2) is 18.2 Å². The molecule has 3 nitrogen and oxygen atoms in total. The molecule has 1 rings (SSSR count). The third-order valence-electron chi connectivity index (χ3n) is 2.98. The molecule has 0 aliphatic rings. The molecular formula is C14H20ClF3N2O. The van der Waals surface area contributed by atoms with Gasteiger partial charge in [0.15, 0.2) is 0 Å². The first kappa shape index (κ1) is 18.1. The summed E-state index contributed by atoms with van der Waals surface area (Å²) in [5.74, 6) is 0. The summed E-state index contributed by atoms with van der Waals surface area (Å²) in [6, 6.07) is 5.19. The minimum atomic E-state index is -4.16. The molecule has 0 atom stereocenters. The van der Waals surface area contributed by atoms with E-state index in [9.17, 15) is 13.2 Å². The van der Waals surface area contributed by atoms with Gasteiger partial charge in [-0.1, -0.05) is 11.6 Å².